The van der Waals surface area contributed by atoms with Crippen molar-refractivity contribution >= 4 is 8.07 Å². The molecule has 1 aliphatic rings. The molecule has 0 aromatic carbocycles. The summed E-state index contributed by atoms with van der Waals surface area (Å²) in [6, 6.07) is 0. The van der Waals surface area contributed by atoms with Crippen LogP contribution in [-0.2, 0) is 0 Å². The first-order valence-electron chi connectivity index (χ1n) is 3.41. The highest BCUT2D eigenvalue weighted by Gasteiger charge is 2.24. The van der Waals surface area contributed by atoms with Crippen molar-refractivity contribution in [3.63, 3.8) is 0 Å². The van der Waals surface area contributed by atoms with Gasteiger partial charge in [0.1, 0.15) is 0 Å². The Hall–Kier alpha value is -0.303. The summed E-state index contributed by atoms with van der Waals surface area (Å²) in [5, 5.41) is 1.64. The van der Waals surface area contributed by atoms with Gasteiger partial charge in [-0.2, -0.15) is 0 Å². The Morgan fingerprint density at radius 3 is 1.89 bits per heavy atom. The largest absolute Gasteiger partial charge is 0.0989 e. The Balaban J connectivity index is 3.01. The summed E-state index contributed by atoms with van der Waals surface area (Å²) in [6.45, 7) is 9.24. The molecule has 0 bridgehead atoms. The van der Waals surface area contributed by atoms with Crippen LogP contribution in [0.5, 0.6) is 0 Å². The van der Waals surface area contributed by atoms with Crippen molar-refractivity contribution in [1.29, 1.82) is 0 Å². The minimum atomic E-state index is -1.01. The van der Waals surface area contributed by atoms with Crippen molar-refractivity contribution in [3.8, 4) is 0 Å². The Bertz CT molecular complexity index is 185. The molecule has 0 spiro atoms. The Morgan fingerprint density at radius 1 is 1.22 bits per heavy atom. The van der Waals surface area contributed by atoms with E-state index in [0.29, 0.717) is 0 Å². The molecule has 1 heterocycles. The van der Waals surface area contributed by atoms with Gasteiger partial charge in [0.15, 0.2) is 0 Å². The molecule has 0 nitrogen and oxygen atoms in total. The van der Waals surface area contributed by atoms with Crippen molar-refractivity contribution in [1.82, 2.24) is 0 Å². The van der Waals surface area contributed by atoms with E-state index in [4.69, 9.17) is 0 Å². The van der Waals surface area contributed by atoms with Gasteiger partial charge in [-0.25, -0.2) is 0 Å². The van der Waals surface area contributed by atoms with Gasteiger partial charge < -0.3 is 0 Å². The lowest BCUT2D eigenvalue weighted by Crippen LogP contribution is -2.22. The first kappa shape index (κ1) is 6.81. The van der Waals surface area contributed by atoms with Crippen LogP contribution in [0.2, 0.25) is 13.1 Å². The van der Waals surface area contributed by atoms with E-state index in [-0.39, 0.29) is 0 Å². The van der Waals surface area contributed by atoms with Crippen LogP contribution in [0.4, 0.5) is 0 Å². The quantitative estimate of drug-likeness (QED) is 0.451. The third-order valence-electron chi connectivity index (χ3n) is 2.31. The molecule has 1 aliphatic heterocycles. The normalized spacial score (nSPS) is 23.6. The fraction of sp³-hybridized carbons (Fsp3) is 0.500. The molecular weight excluding hydrogens is 124 g/mol. The molecular formula is C8H14Si. The minimum Gasteiger partial charge on any atom is -0.0903 e. The first-order valence-corrected chi connectivity index (χ1v) is 6.49. The maximum atomic E-state index is 2.40. The van der Waals surface area contributed by atoms with Crippen molar-refractivity contribution in [3.05, 3.63) is 22.5 Å². The van der Waals surface area contributed by atoms with Crippen LogP contribution in [-0.4, -0.2) is 8.07 Å². The summed E-state index contributed by atoms with van der Waals surface area (Å²) >= 11 is 0. The van der Waals surface area contributed by atoms with Gasteiger partial charge in [0, 0.05) is 0 Å². The van der Waals surface area contributed by atoms with Gasteiger partial charge in [-0.3, -0.25) is 0 Å². The predicted molar refractivity (Wildman–Crippen MR) is 45.0 cm³/mol. The highest BCUT2D eigenvalue weighted by molar-refractivity contribution is 6.89. The molecule has 0 aromatic heterocycles. The van der Waals surface area contributed by atoms with Gasteiger partial charge in [0.25, 0.3) is 0 Å². The first-order chi connectivity index (χ1) is 4.04. The zero-order valence-corrected chi connectivity index (χ0v) is 7.65. The van der Waals surface area contributed by atoms with E-state index in [0.717, 1.165) is 0 Å². The highest BCUT2D eigenvalue weighted by atomic mass is 28.3. The molecule has 9 heavy (non-hydrogen) atoms. The average molecular weight is 138 g/mol. The van der Waals surface area contributed by atoms with E-state index in [2.05, 4.69) is 38.7 Å². The maximum Gasteiger partial charge on any atom is 0.0989 e. The lowest BCUT2D eigenvalue weighted by Gasteiger charge is -2.14. The SMILES string of the molecule is CC1=C(C)[Si](C)(C)C=C1. The molecule has 1 heteroatoms. The van der Waals surface area contributed by atoms with E-state index in [1.54, 1.807) is 5.20 Å². The Labute approximate surface area is 58.3 Å². The number of hydrogen-bond donors (Lipinski definition) is 0. The van der Waals surface area contributed by atoms with E-state index in [1.807, 2.05) is 0 Å². The van der Waals surface area contributed by atoms with E-state index >= 15 is 0 Å². The molecule has 0 radical (unpaired) electrons. The molecule has 0 aliphatic carbocycles. The van der Waals surface area contributed by atoms with E-state index < -0.39 is 8.07 Å². The third kappa shape index (κ3) is 1.01. The van der Waals surface area contributed by atoms with Crippen LogP contribution >= 0.6 is 0 Å². The number of hydrogen-bond acceptors (Lipinski definition) is 0. The van der Waals surface area contributed by atoms with E-state index in [9.17, 15) is 0 Å². The summed E-state index contributed by atoms with van der Waals surface area (Å²) in [6.07, 6.45) is 2.27. The monoisotopic (exact) mass is 138 g/mol. The standard InChI is InChI=1S/C8H14Si/c1-7-5-6-9(3,4)8(7)2/h5-6H,1-4H3. The number of rotatable bonds is 0. The molecule has 0 unspecified atom stereocenters. The molecule has 0 N–H and O–H groups in total. The number of allylic oxidation sites excluding steroid dienone is 3. The Kier molecular flexibility index (Phi) is 1.39. The summed E-state index contributed by atoms with van der Waals surface area (Å²) in [7, 11) is -1.01. The summed E-state index contributed by atoms with van der Waals surface area (Å²) in [5.74, 6) is 0. The fourth-order valence-electron chi connectivity index (χ4n) is 1.09. The molecule has 0 amide bonds. The van der Waals surface area contributed by atoms with Crippen molar-refractivity contribution in [2.24, 2.45) is 0 Å². The van der Waals surface area contributed by atoms with Gasteiger partial charge >= 0.3 is 0 Å². The molecule has 0 saturated carbocycles. The lowest BCUT2D eigenvalue weighted by atomic mass is 10.3. The molecule has 0 saturated heterocycles. The second kappa shape index (κ2) is 1.84. The smallest absolute Gasteiger partial charge is 0.0903 e. The lowest BCUT2D eigenvalue weighted by molar-refractivity contribution is 1.44. The zero-order valence-electron chi connectivity index (χ0n) is 6.65. The fourth-order valence-corrected chi connectivity index (χ4v) is 3.11. The molecule has 0 fully saturated rings. The van der Waals surface area contributed by atoms with Crippen molar-refractivity contribution in [2.75, 3.05) is 0 Å². The van der Waals surface area contributed by atoms with Crippen LogP contribution in [0.3, 0.4) is 0 Å². The molecule has 0 aromatic rings. The van der Waals surface area contributed by atoms with Gasteiger partial charge in [0.2, 0.25) is 0 Å². The average Bonchev–Trinajstić information content (AvgIpc) is 1.97. The third-order valence-corrected chi connectivity index (χ3v) is 5.64. The van der Waals surface area contributed by atoms with Crippen LogP contribution in [0, 0.1) is 0 Å². The van der Waals surface area contributed by atoms with Crippen molar-refractivity contribution < 1.29 is 0 Å². The molecule has 50 valence electrons. The van der Waals surface area contributed by atoms with Crippen LogP contribution in [0.15, 0.2) is 22.5 Å². The van der Waals surface area contributed by atoms with Gasteiger partial charge in [-0.05, 0) is 13.8 Å². The van der Waals surface area contributed by atoms with Gasteiger partial charge in [0.05, 0.1) is 8.07 Å². The summed E-state index contributed by atoms with van der Waals surface area (Å²) in [5.41, 5.74) is 3.89. The van der Waals surface area contributed by atoms with Crippen LogP contribution < -0.4 is 0 Å². The van der Waals surface area contributed by atoms with Gasteiger partial charge in [-0.1, -0.05) is 35.6 Å². The van der Waals surface area contributed by atoms with Crippen LogP contribution in [0.1, 0.15) is 13.8 Å². The van der Waals surface area contributed by atoms with Crippen LogP contribution in [0.25, 0.3) is 0 Å². The summed E-state index contributed by atoms with van der Waals surface area (Å²) < 4.78 is 0. The highest BCUT2D eigenvalue weighted by Crippen LogP contribution is 2.26. The second-order valence-electron chi connectivity index (χ2n) is 3.36. The summed E-state index contributed by atoms with van der Waals surface area (Å²) in [4.78, 5) is 0. The maximum absolute atomic E-state index is 2.40. The van der Waals surface area contributed by atoms with Crippen molar-refractivity contribution in [2.45, 2.75) is 26.9 Å². The second-order valence-corrected chi connectivity index (χ2v) is 7.89. The molecule has 0 atom stereocenters. The Morgan fingerprint density at radius 2 is 1.78 bits per heavy atom. The van der Waals surface area contributed by atoms with E-state index in [1.165, 1.54) is 5.57 Å². The molecule has 1 rings (SSSR count). The zero-order chi connectivity index (χ0) is 7.07. The topological polar surface area (TPSA) is 0 Å². The predicted octanol–water partition coefficient (Wildman–Crippen LogP) is 2.68. The van der Waals surface area contributed by atoms with Gasteiger partial charge in [-0.15, -0.1) is 0 Å². The minimum absolute atomic E-state index is 1.01.